The fourth-order valence-electron chi connectivity index (χ4n) is 1.44. The van der Waals surface area contributed by atoms with Crippen molar-refractivity contribution >= 4 is 27.5 Å². The third-order valence-corrected chi connectivity index (χ3v) is 4.81. The van der Waals surface area contributed by atoms with Crippen molar-refractivity contribution in [3.05, 3.63) is 34.6 Å². The number of alkyl halides is 1. The molecule has 0 saturated carbocycles. The van der Waals surface area contributed by atoms with E-state index < -0.39 is 0 Å². The third-order valence-electron chi connectivity index (χ3n) is 2.62. The van der Waals surface area contributed by atoms with Crippen LogP contribution in [0.25, 0.3) is 0 Å². The molecule has 3 heteroatoms. The van der Waals surface area contributed by atoms with Gasteiger partial charge < -0.3 is 0 Å². The Bertz CT molecular complexity index is 357. The molecule has 0 saturated heterocycles. The van der Waals surface area contributed by atoms with Crippen molar-refractivity contribution in [2.75, 3.05) is 0 Å². The molecule has 0 aliphatic carbocycles. The number of aryl methyl sites for hydroxylation is 1. The van der Waals surface area contributed by atoms with E-state index in [1.165, 1.54) is 12.1 Å². The monoisotopic (exact) mass is 306 g/mol. The number of rotatable bonds is 3. The van der Waals surface area contributed by atoms with Gasteiger partial charge in [-0.25, -0.2) is 4.39 Å². The van der Waals surface area contributed by atoms with Crippen LogP contribution in [-0.4, -0.2) is 4.83 Å². The number of benzene rings is 1. The fourth-order valence-corrected chi connectivity index (χ4v) is 1.93. The highest BCUT2D eigenvalue weighted by Gasteiger charge is 2.21. The van der Waals surface area contributed by atoms with E-state index >= 15 is 0 Å². The first-order valence-electron chi connectivity index (χ1n) is 5.38. The summed E-state index contributed by atoms with van der Waals surface area (Å²) in [5, 5.41) is 0.522. The summed E-state index contributed by atoms with van der Waals surface area (Å²) in [5.41, 5.74) is 1.24. The summed E-state index contributed by atoms with van der Waals surface area (Å²) in [6.07, 6.45) is 1.86. The molecule has 0 aliphatic rings. The average molecular weight is 308 g/mol. The van der Waals surface area contributed by atoms with E-state index in [4.69, 9.17) is 11.6 Å². The van der Waals surface area contributed by atoms with Gasteiger partial charge in [0.2, 0.25) is 0 Å². The van der Waals surface area contributed by atoms with Crippen LogP contribution >= 0.6 is 27.5 Å². The third kappa shape index (κ3) is 4.06. The lowest BCUT2D eigenvalue weighted by molar-refractivity contribution is 0.386. The minimum Gasteiger partial charge on any atom is -0.207 e. The molecule has 1 unspecified atom stereocenters. The molecule has 0 spiro atoms. The van der Waals surface area contributed by atoms with E-state index in [2.05, 4.69) is 36.7 Å². The minimum absolute atomic E-state index is 0.229. The maximum absolute atomic E-state index is 12.8. The van der Waals surface area contributed by atoms with Crippen molar-refractivity contribution in [1.82, 2.24) is 0 Å². The van der Waals surface area contributed by atoms with Crippen molar-refractivity contribution in [2.45, 2.75) is 38.4 Å². The zero-order chi connectivity index (χ0) is 12.3. The van der Waals surface area contributed by atoms with Crippen molar-refractivity contribution in [3.8, 4) is 0 Å². The number of halogens is 3. The largest absolute Gasteiger partial charge is 0.207 e. The molecule has 0 radical (unpaired) electrons. The molecule has 16 heavy (non-hydrogen) atoms. The first-order valence-corrected chi connectivity index (χ1v) is 6.68. The first kappa shape index (κ1) is 14.0. The topological polar surface area (TPSA) is 0 Å². The van der Waals surface area contributed by atoms with Crippen LogP contribution in [0, 0.1) is 11.2 Å². The molecular formula is C13H17BrClF. The zero-order valence-corrected chi connectivity index (χ0v) is 12.2. The van der Waals surface area contributed by atoms with Crippen LogP contribution < -0.4 is 0 Å². The van der Waals surface area contributed by atoms with Gasteiger partial charge in [0.25, 0.3) is 0 Å². The highest BCUT2D eigenvalue weighted by atomic mass is 79.9. The van der Waals surface area contributed by atoms with Crippen LogP contribution in [0.5, 0.6) is 0 Å². The van der Waals surface area contributed by atoms with Crippen LogP contribution in [0.2, 0.25) is 5.02 Å². The standard InChI is InChI=1S/C13H17BrClF/c1-13(2,3)12(14)7-5-9-4-6-10(16)8-11(9)15/h4,6,8,12H,5,7H2,1-3H3. The second-order valence-electron chi connectivity index (χ2n) is 5.11. The van der Waals surface area contributed by atoms with Gasteiger partial charge in [-0.1, -0.05) is 54.4 Å². The van der Waals surface area contributed by atoms with Crippen molar-refractivity contribution in [2.24, 2.45) is 5.41 Å². The van der Waals surface area contributed by atoms with Gasteiger partial charge in [-0.2, -0.15) is 0 Å². The Hall–Kier alpha value is -0.0800. The van der Waals surface area contributed by atoms with Gasteiger partial charge in [-0.15, -0.1) is 0 Å². The molecule has 0 aliphatic heterocycles. The maximum Gasteiger partial charge on any atom is 0.124 e. The summed E-state index contributed by atoms with van der Waals surface area (Å²) in [6, 6.07) is 4.60. The Balaban J connectivity index is 2.62. The summed E-state index contributed by atoms with van der Waals surface area (Å²) in [5.74, 6) is -0.278. The molecule has 0 nitrogen and oxygen atoms in total. The van der Waals surface area contributed by atoms with Crippen molar-refractivity contribution in [1.29, 1.82) is 0 Å². The Morgan fingerprint density at radius 3 is 2.50 bits per heavy atom. The molecular weight excluding hydrogens is 290 g/mol. The molecule has 90 valence electrons. The van der Waals surface area contributed by atoms with Crippen LogP contribution in [0.3, 0.4) is 0 Å². The SMILES string of the molecule is CC(C)(C)C(Br)CCc1ccc(F)cc1Cl. The Kier molecular flexibility index (Phi) is 4.81. The molecule has 1 aromatic carbocycles. The van der Waals surface area contributed by atoms with E-state index in [1.807, 2.05) is 0 Å². The van der Waals surface area contributed by atoms with Gasteiger partial charge in [-0.05, 0) is 36.0 Å². The Morgan fingerprint density at radius 2 is 2.00 bits per heavy atom. The Morgan fingerprint density at radius 1 is 1.38 bits per heavy atom. The minimum atomic E-state index is -0.278. The van der Waals surface area contributed by atoms with Gasteiger partial charge in [0, 0.05) is 9.85 Å². The number of hydrogen-bond acceptors (Lipinski definition) is 0. The van der Waals surface area contributed by atoms with E-state index in [0.29, 0.717) is 9.85 Å². The second kappa shape index (κ2) is 5.50. The van der Waals surface area contributed by atoms with Crippen LogP contribution in [-0.2, 0) is 6.42 Å². The van der Waals surface area contributed by atoms with Crippen LogP contribution in [0.1, 0.15) is 32.8 Å². The molecule has 1 atom stereocenters. The quantitative estimate of drug-likeness (QED) is 0.671. The average Bonchev–Trinajstić information content (AvgIpc) is 2.14. The summed E-state index contributed by atoms with van der Waals surface area (Å²) in [6.45, 7) is 6.58. The Labute approximate surface area is 110 Å². The summed E-state index contributed by atoms with van der Waals surface area (Å²) in [7, 11) is 0. The number of hydrogen-bond donors (Lipinski definition) is 0. The molecule has 0 fully saturated rings. The lowest BCUT2D eigenvalue weighted by atomic mass is 9.89. The zero-order valence-electron chi connectivity index (χ0n) is 9.86. The van der Waals surface area contributed by atoms with Crippen molar-refractivity contribution in [3.63, 3.8) is 0 Å². The van der Waals surface area contributed by atoms with Crippen molar-refractivity contribution < 1.29 is 4.39 Å². The molecule has 0 N–H and O–H groups in total. The smallest absolute Gasteiger partial charge is 0.124 e. The predicted octanol–water partition coefficient (Wildman–Crippen LogP) is 5.22. The van der Waals surface area contributed by atoms with Gasteiger partial charge in [0.15, 0.2) is 0 Å². The molecule has 0 aromatic heterocycles. The van der Waals surface area contributed by atoms with Gasteiger partial charge in [0.05, 0.1) is 0 Å². The summed E-state index contributed by atoms with van der Waals surface area (Å²) in [4.78, 5) is 0.432. The normalized spacial score (nSPS) is 13.9. The molecule has 0 bridgehead atoms. The molecule has 1 aromatic rings. The van der Waals surface area contributed by atoms with Crippen LogP contribution in [0.15, 0.2) is 18.2 Å². The van der Waals surface area contributed by atoms with E-state index in [0.717, 1.165) is 18.4 Å². The molecule has 0 heterocycles. The highest BCUT2D eigenvalue weighted by molar-refractivity contribution is 9.09. The second-order valence-corrected chi connectivity index (χ2v) is 6.62. The van der Waals surface area contributed by atoms with E-state index in [1.54, 1.807) is 6.07 Å². The summed E-state index contributed by atoms with van der Waals surface area (Å²) >= 11 is 9.65. The summed E-state index contributed by atoms with van der Waals surface area (Å²) < 4.78 is 12.8. The van der Waals surface area contributed by atoms with E-state index in [9.17, 15) is 4.39 Å². The molecule has 0 amide bonds. The lowest BCUT2D eigenvalue weighted by Crippen LogP contribution is -2.20. The van der Waals surface area contributed by atoms with Crippen LogP contribution in [0.4, 0.5) is 4.39 Å². The predicted molar refractivity (Wildman–Crippen MR) is 71.9 cm³/mol. The molecule has 1 rings (SSSR count). The van der Waals surface area contributed by atoms with Gasteiger partial charge >= 0.3 is 0 Å². The maximum atomic E-state index is 12.8. The fraction of sp³-hybridized carbons (Fsp3) is 0.538. The van der Waals surface area contributed by atoms with E-state index in [-0.39, 0.29) is 11.2 Å². The highest BCUT2D eigenvalue weighted by Crippen LogP contribution is 2.30. The first-order chi connectivity index (χ1) is 7.30. The van der Waals surface area contributed by atoms with Gasteiger partial charge in [0.1, 0.15) is 5.82 Å². The lowest BCUT2D eigenvalue weighted by Gasteiger charge is -2.25. The van der Waals surface area contributed by atoms with Gasteiger partial charge in [-0.3, -0.25) is 0 Å².